The number of carbonyl (C=O) groups is 2. The minimum Gasteiger partial charge on any atom is -0.336 e. The Kier molecular flexibility index (Phi) is 2.47. The molecule has 0 bridgehead atoms. The van der Waals surface area contributed by atoms with Gasteiger partial charge in [-0.15, -0.1) is 11.3 Å². The molecule has 2 saturated heterocycles. The lowest BCUT2D eigenvalue weighted by molar-refractivity contribution is 0.0612. The molecule has 1 unspecified atom stereocenters. The molecule has 1 N–H and O–H groups in total. The minimum atomic E-state index is -0.0368. The number of hydrogen-bond donors (Lipinski definition) is 1. The summed E-state index contributed by atoms with van der Waals surface area (Å²) in [5.41, 5.74) is 2.16. The molecule has 90 valence electrons. The molecule has 3 heterocycles. The van der Waals surface area contributed by atoms with Gasteiger partial charge in [-0.3, -0.25) is 4.79 Å². The van der Waals surface area contributed by atoms with Crippen LogP contribution in [0, 0.1) is 0 Å². The van der Waals surface area contributed by atoms with Crippen LogP contribution in [0.1, 0.15) is 10.5 Å². The lowest BCUT2D eigenvalue weighted by atomic mass is 10.2. The molecule has 1 aromatic rings. The zero-order valence-electron chi connectivity index (χ0n) is 9.13. The number of carbonyl (C=O) groups excluding carboxylic acids is 2. The van der Waals surface area contributed by atoms with Crippen molar-refractivity contribution < 1.29 is 9.59 Å². The van der Waals surface area contributed by atoms with Gasteiger partial charge in [0.05, 0.1) is 11.6 Å². The van der Waals surface area contributed by atoms with Gasteiger partial charge in [0.15, 0.2) is 0 Å². The van der Waals surface area contributed by atoms with Gasteiger partial charge in [-0.2, -0.15) is 0 Å². The van der Waals surface area contributed by atoms with Crippen LogP contribution in [0.2, 0.25) is 0 Å². The van der Waals surface area contributed by atoms with Crippen molar-refractivity contribution in [1.82, 2.24) is 20.1 Å². The third-order valence-electron chi connectivity index (χ3n) is 3.17. The second-order valence-corrected chi connectivity index (χ2v) is 4.88. The van der Waals surface area contributed by atoms with E-state index in [2.05, 4.69) is 10.3 Å². The maximum Gasteiger partial charge on any atom is 0.317 e. The van der Waals surface area contributed by atoms with Crippen molar-refractivity contribution in [2.24, 2.45) is 0 Å². The fourth-order valence-corrected chi connectivity index (χ4v) is 2.79. The van der Waals surface area contributed by atoms with Crippen molar-refractivity contribution in [3.63, 3.8) is 0 Å². The topological polar surface area (TPSA) is 65.5 Å². The number of nitrogens with one attached hydrogen (secondary N) is 1. The van der Waals surface area contributed by atoms with E-state index in [4.69, 9.17) is 0 Å². The first-order valence-electron chi connectivity index (χ1n) is 5.47. The summed E-state index contributed by atoms with van der Waals surface area (Å²) in [5.74, 6) is -0.0368. The van der Waals surface area contributed by atoms with E-state index in [0.29, 0.717) is 31.9 Å². The van der Waals surface area contributed by atoms with Crippen molar-refractivity contribution in [3.8, 4) is 0 Å². The molecule has 3 amide bonds. The molecule has 2 aliphatic heterocycles. The monoisotopic (exact) mass is 252 g/mol. The van der Waals surface area contributed by atoms with Crippen LogP contribution in [-0.4, -0.2) is 58.9 Å². The van der Waals surface area contributed by atoms with E-state index in [1.807, 2.05) is 0 Å². The van der Waals surface area contributed by atoms with Crippen molar-refractivity contribution in [2.45, 2.75) is 6.04 Å². The number of amides is 3. The van der Waals surface area contributed by atoms with Gasteiger partial charge in [0, 0.05) is 31.6 Å². The normalized spacial score (nSPS) is 23.5. The highest BCUT2D eigenvalue weighted by Gasteiger charge is 2.37. The van der Waals surface area contributed by atoms with Crippen LogP contribution in [0.4, 0.5) is 4.79 Å². The number of hydrogen-bond acceptors (Lipinski definition) is 4. The minimum absolute atomic E-state index is 0.0178. The number of piperazine rings is 1. The summed E-state index contributed by atoms with van der Waals surface area (Å²) < 4.78 is 0. The number of thiazole rings is 1. The quantitative estimate of drug-likeness (QED) is 0.764. The summed E-state index contributed by atoms with van der Waals surface area (Å²) >= 11 is 1.42. The van der Waals surface area contributed by atoms with E-state index < -0.39 is 0 Å². The van der Waals surface area contributed by atoms with Gasteiger partial charge in [-0.25, -0.2) is 9.78 Å². The number of fused-ring (bicyclic) bond motifs is 1. The predicted molar refractivity (Wildman–Crippen MR) is 61.9 cm³/mol. The lowest BCUT2D eigenvalue weighted by Crippen LogP contribution is -2.53. The fourth-order valence-electron chi connectivity index (χ4n) is 2.27. The fraction of sp³-hybridized carbons (Fsp3) is 0.500. The van der Waals surface area contributed by atoms with Gasteiger partial charge in [-0.05, 0) is 0 Å². The molecule has 0 radical (unpaired) electrons. The van der Waals surface area contributed by atoms with Gasteiger partial charge >= 0.3 is 6.03 Å². The van der Waals surface area contributed by atoms with Crippen molar-refractivity contribution >= 4 is 23.3 Å². The average molecular weight is 252 g/mol. The molecule has 7 heteroatoms. The molecule has 0 spiro atoms. The molecule has 17 heavy (non-hydrogen) atoms. The van der Waals surface area contributed by atoms with Crippen LogP contribution in [-0.2, 0) is 0 Å². The molecule has 0 aromatic carbocycles. The highest BCUT2D eigenvalue weighted by atomic mass is 32.1. The molecule has 6 nitrogen and oxygen atoms in total. The summed E-state index contributed by atoms with van der Waals surface area (Å²) in [5, 5.41) is 4.55. The summed E-state index contributed by atoms with van der Waals surface area (Å²) in [7, 11) is 0. The predicted octanol–water partition coefficient (Wildman–Crippen LogP) is -0.00730. The van der Waals surface area contributed by atoms with Crippen LogP contribution < -0.4 is 5.32 Å². The van der Waals surface area contributed by atoms with Gasteiger partial charge < -0.3 is 15.1 Å². The molecular weight excluding hydrogens is 240 g/mol. The van der Waals surface area contributed by atoms with Gasteiger partial charge in [-0.1, -0.05) is 0 Å². The zero-order chi connectivity index (χ0) is 11.8. The smallest absolute Gasteiger partial charge is 0.317 e. The molecule has 0 saturated carbocycles. The summed E-state index contributed by atoms with van der Waals surface area (Å²) in [6, 6.07) is 0.0922. The molecule has 3 rings (SSSR count). The van der Waals surface area contributed by atoms with Crippen molar-refractivity contribution in [1.29, 1.82) is 0 Å². The van der Waals surface area contributed by atoms with Crippen LogP contribution in [0.25, 0.3) is 0 Å². The highest BCUT2D eigenvalue weighted by Crippen LogP contribution is 2.16. The maximum atomic E-state index is 12.1. The zero-order valence-corrected chi connectivity index (χ0v) is 9.94. The van der Waals surface area contributed by atoms with E-state index in [-0.39, 0.29) is 18.0 Å². The van der Waals surface area contributed by atoms with Gasteiger partial charge in [0.25, 0.3) is 5.91 Å². The Balaban J connectivity index is 1.71. The van der Waals surface area contributed by atoms with Crippen molar-refractivity contribution in [3.05, 3.63) is 16.6 Å². The van der Waals surface area contributed by atoms with Crippen LogP contribution in [0.3, 0.4) is 0 Å². The first-order valence-corrected chi connectivity index (χ1v) is 6.42. The van der Waals surface area contributed by atoms with Crippen molar-refractivity contribution in [2.75, 3.05) is 26.2 Å². The van der Waals surface area contributed by atoms with Gasteiger partial charge in [0.2, 0.25) is 0 Å². The first-order chi connectivity index (χ1) is 8.25. The van der Waals surface area contributed by atoms with Crippen LogP contribution in [0.5, 0.6) is 0 Å². The van der Waals surface area contributed by atoms with E-state index in [1.165, 1.54) is 11.3 Å². The van der Waals surface area contributed by atoms with E-state index in [1.54, 1.807) is 20.7 Å². The summed E-state index contributed by atoms with van der Waals surface area (Å²) in [6.07, 6.45) is 0. The molecule has 2 fully saturated rings. The Morgan fingerprint density at radius 1 is 1.53 bits per heavy atom. The third kappa shape index (κ3) is 1.76. The number of rotatable bonds is 1. The number of nitrogens with zero attached hydrogens (tertiary/aromatic N) is 3. The Morgan fingerprint density at radius 2 is 2.41 bits per heavy atom. The van der Waals surface area contributed by atoms with E-state index in [9.17, 15) is 9.59 Å². The number of urea groups is 1. The third-order valence-corrected chi connectivity index (χ3v) is 3.76. The Morgan fingerprint density at radius 3 is 3.18 bits per heavy atom. The highest BCUT2D eigenvalue weighted by molar-refractivity contribution is 7.07. The Bertz CT molecular complexity index is 447. The SMILES string of the molecule is O=C(c1cscn1)N1CCN2C(=O)NCC2C1. The lowest BCUT2D eigenvalue weighted by Gasteiger charge is -2.36. The van der Waals surface area contributed by atoms with Gasteiger partial charge in [0.1, 0.15) is 5.69 Å². The molecule has 1 aromatic heterocycles. The average Bonchev–Trinajstić information content (AvgIpc) is 2.98. The van der Waals surface area contributed by atoms with E-state index >= 15 is 0 Å². The number of aromatic nitrogens is 1. The van der Waals surface area contributed by atoms with Crippen LogP contribution in [0.15, 0.2) is 10.9 Å². The molecule has 2 aliphatic rings. The molecule has 0 aliphatic carbocycles. The Hall–Kier alpha value is -1.63. The van der Waals surface area contributed by atoms with Crippen LogP contribution >= 0.6 is 11.3 Å². The largest absolute Gasteiger partial charge is 0.336 e. The molecular formula is C10H12N4O2S. The van der Waals surface area contributed by atoms with E-state index in [0.717, 1.165) is 0 Å². The second kappa shape index (κ2) is 3.99. The summed E-state index contributed by atoms with van der Waals surface area (Å²) in [6.45, 7) is 2.40. The molecule has 1 atom stereocenters. The second-order valence-electron chi connectivity index (χ2n) is 4.16. The standard InChI is InChI=1S/C10H12N4O2S/c15-9(8-5-17-6-12-8)13-1-2-14-7(4-13)3-11-10(14)16/h5-7H,1-4H2,(H,11,16). The summed E-state index contributed by atoms with van der Waals surface area (Å²) in [4.78, 5) is 31.1. The first kappa shape index (κ1) is 10.5. The Labute approximate surface area is 102 Å². The maximum absolute atomic E-state index is 12.1.